The van der Waals surface area contributed by atoms with Crippen molar-refractivity contribution in [1.82, 2.24) is 9.97 Å². The van der Waals surface area contributed by atoms with Crippen LogP contribution in [0.15, 0.2) is 6.33 Å². The lowest BCUT2D eigenvalue weighted by Gasteiger charge is -2.30. The summed E-state index contributed by atoms with van der Waals surface area (Å²) in [6.45, 7) is 8.51. The van der Waals surface area contributed by atoms with Crippen LogP contribution in [0.1, 0.15) is 51.5 Å². The molecule has 4 heteroatoms. The lowest BCUT2D eigenvalue weighted by atomic mass is 10.2. The predicted molar refractivity (Wildman–Crippen MR) is 80.8 cm³/mol. The summed E-state index contributed by atoms with van der Waals surface area (Å²) in [5.41, 5.74) is 1.18. The summed E-state index contributed by atoms with van der Waals surface area (Å²) >= 11 is 0. The van der Waals surface area contributed by atoms with Gasteiger partial charge >= 0.3 is 0 Å². The molecule has 1 aromatic rings. The molecule has 0 aromatic carbocycles. The molecule has 0 aliphatic heterocycles. The molecule has 2 rings (SSSR count). The van der Waals surface area contributed by atoms with Gasteiger partial charge in [0.05, 0.1) is 0 Å². The van der Waals surface area contributed by atoms with Crippen LogP contribution in [0.25, 0.3) is 0 Å². The van der Waals surface area contributed by atoms with E-state index in [2.05, 4.69) is 41.0 Å². The molecule has 0 bridgehead atoms. The molecule has 0 atom stereocenters. The standard InChI is InChI=1S/C15H26N4/c1-4-10-16-14-12(3)15(18-11-17-14)19(5-2)13-8-6-7-9-13/h11,13H,4-10H2,1-3H3,(H,16,17,18). The van der Waals surface area contributed by atoms with E-state index >= 15 is 0 Å². The zero-order chi connectivity index (χ0) is 13.7. The van der Waals surface area contributed by atoms with Gasteiger partial charge in [0.15, 0.2) is 0 Å². The lowest BCUT2D eigenvalue weighted by molar-refractivity contribution is 0.611. The molecule has 4 nitrogen and oxygen atoms in total. The first kappa shape index (κ1) is 14.1. The van der Waals surface area contributed by atoms with Crippen LogP contribution in [0.2, 0.25) is 0 Å². The monoisotopic (exact) mass is 262 g/mol. The van der Waals surface area contributed by atoms with Crippen molar-refractivity contribution in [2.45, 2.75) is 58.9 Å². The minimum atomic E-state index is 0.664. The highest BCUT2D eigenvalue weighted by Crippen LogP contribution is 2.30. The summed E-state index contributed by atoms with van der Waals surface area (Å²) < 4.78 is 0. The molecular weight excluding hydrogens is 236 g/mol. The Hall–Kier alpha value is -1.32. The largest absolute Gasteiger partial charge is 0.370 e. The molecular formula is C15H26N4. The van der Waals surface area contributed by atoms with E-state index in [0.29, 0.717) is 6.04 Å². The highest BCUT2D eigenvalue weighted by Gasteiger charge is 2.24. The first-order chi connectivity index (χ1) is 9.27. The second kappa shape index (κ2) is 6.73. The third-order valence-corrected chi connectivity index (χ3v) is 3.98. The minimum absolute atomic E-state index is 0.664. The third kappa shape index (κ3) is 3.17. The first-order valence-corrected chi connectivity index (χ1v) is 7.60. The van der Waals surface area contributed by atoms with E-state index < -0.39 is 0 Å². The van der Waals surface area contributed by atoms with Crippen LogP contribution in [0.5, 0.6) is 0 Å². The number of hydrogen-bond donors (Lipinski definition) is 1. The Balaban J connectivity index is 2.21. The predicted octanol–water partition coefficient (Wildman–Crippen LogP) is 3.38. The quantitative estimate of drug-likeness (QED) is 0.853. The van der Waals surface area contributed by atoms with Crippen LogP contribution in [-0.2, 0) is 0 Å². The average molecular weight is 262 g/mol. The van der Waals surface area contributed by atoms with E-state index in [0.717, 1.165) is 31.1 Å². The average Bonchev–Trinajstić information content (AvgIpc) is 2.94. The maximum absolute atomic E-state index is 4.54. The SMILES string of the molecule is CCCNc1ncnc(N(CC)C2CCCC2)c1C. The molecule has 1 aromatic heterocycles. The molecule has 19 heavy (non-hydrogen) atoms. The van der Waals surface area contributed by atoms with Crippen molar-refractivity contribution in [3.63, 3.8) is 0 Å². The molecule has 0 unspecified atom stereocenters. The van der Waals surface area contributed by atoms with E-state index in [9.17, 15) is 0 Å². The zero-order valence-corrected chi connectivity index (χ0v) is 12.4. The summed E-state index contributed by atoms with van der Waals surface area (Å²) in [5.74, 6) is 2.10. The van der Waals surface area contributed by atoms with Crippen LogP contribution >= 0.6 is 0 Å². The van der Waals surface area contributed by atoms with Crippen molar-refractivity contribution < 1.29 is 0 Å². The summed E-state index contributed by atoms with van der Waals surface area (Å²) in [4.78, 5) is 11.4. The zero-order valence-electron chi connectivity index (χ0n) is 12.4. The van der Waals surface area contributed by atoms with E-state index in [1.807, 2.05) is 0 Å². The Morgan fingerprint density at radius 3 is 2.63 bits per heavy atom. The van der Waals surface area contributed by atoms with Crippen LogP contribution in [0, 0.1) is 6.92 Å². The second-order valence-corrected chi connectivity index (χ2v) is 5.32. The fourth-order valence-corrected chi connectivity index (χ4v) is 2.95. The van der Waals surface area contributed by atoms with Gasteiger partial charge in [0.25, 0.3) is 0 Å². The number of anilines is 2. The normalized spacial score (nSPS) is 15.7. The Labute approximate surface area is 116 Å². The summed E-state index contributed by atoms with van der Waals surface area (Å²) in [7, 11) is 0. The highest BCUT2D eigenvalue weighted by molar-refractivity contribution is 5.58. The molecule has 1 fully saturated rings. The van der Waals surface area contributed by atoms with Crippen molar-refractivity contribution in [2.75, 3.05) is 23.3 Å². The van der Waals surface area contributed by atoms with E-state index in [4.69, 9.17) is 0 Å². The van der Waals surface area contributed by atoms with E-state index in [1.165, 1.54) is 31.2 Å². The van der Waals surface area contributed by atoms with Crippen molar-refractivity contribution in [1.29, 1.82) is 0 Å². The van der Waals surface area contributed by atoms with Gasteiger partial charge in [-0.25, -0.2) is 9.97 Å². The van der Waals surface area contributed by atoms with Crippen LogP contribution in [0.4, 0.5) is 11.6 Å². The smallest absolute Gasteiger partial charge is 0.137 e. The van der Waals surface area contributed by atoms with E-state index in [1.54, 1.807) is 6.33 Å². The Morgan fingerprint density at radius 2 is 2.00 bits per heavy atom. The Kier molecular flexibility index (Phi) is 5.00. The topological polar surface area (TPSA) is 41.1 Å². The van der Waals surface area contributed by atoms with Crippen molar-refractivity contribution in [3.8, 4) is 0 Å². The van der Waals surface area contributed by atoms with Gasteiger partial charge in [0.2, 0.25) is 0 Å². The summed E-state index contributed by atoms with van der Waals surface area (Å²) in [5, 5.41) is 3.39. The van der Waals surface area contributed by atoms with Gasteiger partial charge < -0.3 is 10.2 Å². The highest BCUT2D eigenvalue weighted by atomic mass is 15.2. The molecule has 1 aliphatic carbocycles. The van der Waals surface area contributed by atoms with Gasteiger partial charge in [-0.1, -0.05) is 19.8 Å². The third-order valence-electron chi connectivity index (χ3n) is 3.98. The van der Waals surface area contributed by atoms with Crippen LogP contribution in [-0.4, -0.2) is 29.1 Å². The van der Waals surface area contributed by atoms with Crippen molar-refractivity contribution in [2.24, 2.45) is 0 Å². The van der Waals surface area contributed by atoms with Gasteiger partial charge in [0, 0.05) is 24.7 Å². The molecule has 106 valence electrons. The fraction of sp³-hybridized carbons (Fsp3) is 0.733. The van der Waals surface area contributed by atoms with Gasteiger partial charge in [-0.3, -0.25) is 0 Å². The van der Waals surface area contributed by atoms with Crippen LogP contribution in [0.3, 0.4) is 0 Å². The molecule has 1 heterocycles. The molecule has 0 saturated heterocycles. The maximum Gasteiger partial charge on any atom is 0.137 e. The van der Waals surface area contributed by atoms with Gasteiger partial charge in [-0.15, -0.1) is 0 Å². The van der Waals surface area contributed by atoms with Crippen molar-refractivity contribution in [3.05, 3.63) is 11.9 Å². The van der Waals surface area contributed by atoms with Gasteiger partial charge in [-0.05, 0) is 33.1 Å². The maximum atomic E-state index is 4.54. The number of aromatic nitrogens is 2. The van der Waals surface area contributed by atoms with Crippen molar-refractivity contribution >= 4 is 11.6 Å². The van der Waals surface area contributed by atoms with Crippen LogP contribution < -0.4 is 10.2 Å². The molecule has 0 radical (unpaired) electrons. The van der Waals surface area contributed by atoms with Gasteiger partial charge in [0.1, 0.15) is 18.0 Å². The number of nitrogens with zero attached hydrogens (tertiary/aromatic N) is 3. The number of rotatable bonds is 6. The lowest BCUT2D eigenvalue weighted by Crippen LogP contribution is -2.34. The van der Waals surface area contributed by atoms with E-state index in [-0.39, 0.29) is 0 Å². The number of hydrogen-bond acceptors (Lipinski definition) is 4. The second-order valence-electron chi connectivity index (χ2n) is 5.32. The summed E-state index contributed by atoms with van der Waals surface area (Å²) in [6, 6.07) is 0.664. The van der Waals surface area contributed by atoms with Gasteiger partial charge in [-0.2, -0.15) is 0 Å². The minimum Gasteiger partial charge on any atom is -0.370 e. The Bertz CT molecular complexity index is 399. The Morgan fingerprint density at radius 1 is 1.26 bits per heavy atom. The molecule has 1 saturated carbocycles. The molecule has 0 spiro atoms. The fourth-order valence-electron chi connectivity index (χ4n) is 2.95. The molecule has 1 aliphatic rings. The first-order valence-electron chi connectivity index (χ1n) is 7.60. The summed E-state index contributed by atoms with van der Waals surface area (Å²) in [6.07, 6.45) is 8.11. The molecule has 0 amide bonds. The molecule has 1 N–H and O–H groups in total. The number of nitrogens with one attached hydrogen (secondary N) is 1.